The van der Waals surface area contributed by atoms with Crippen LogP contribution in [0.15, 0.2) is 6.07 Å². The molecule has 0 atom stereocenters. The molecule has 0 saturated heterocycles. The third-order valence-electron chi connectivity index (χ3n) is 1.77. The Labute approximate surface area is 82.3 Å². The summed E-state index contributed by atoms with van der Waals surface area (Å²) in [5.41, 5.74) is 5.31. The van der Waals surface area contributed by atoms with Crippen LogP contribution in [0.4, 0.5) is 10.8 Å². The number of nitrogens with two attached hydrogens (primary N) is 1. The molecule has 0 aliphatic rings. The highest BCUT2D eigenvalue weighted by Gasteiger charge is 2.15. The summed E-state index contributed by atoms with van der Waals surface area (Å²) in [7, 11) is 1.70. The Hall–Kier alpha value is -0.810. The Kier molecular flexibility index (Phi) is 3.11. The molecule has 3 N–H and O–H groups in total. The number of methoxy groups -OCH3 is 1. The molecule has 0 radical (unpaired) electrons. The molecule has 0 fully saturated rings. The zero-order valence-electron chi connectivity index (χ0n) is 8.13. The van der Waals surface area contributed by atoms with E-state index in [1.807, 2.05) is 19.9 Å². The first-order valence-corrected chi connectivity index (χ1v) is 4.82. The minimum absolute atomic E-state index is 0.168. The lowest BCUT2D eigenvalue weighted by Crippen LogP contribution is -2.31. The number of hydrogen-bond donors (Lipinski definition) is 2. The van der Waals surface area contributed by atoms with Crippen LogP contribution in [0.25, 0.3) is 0 Å². The molecule has 0 aliphatic heterocycles. The Morgan fingerprint density at radius 1 is 1.69 bits per heavy atom. The van der Waals surface area contributed by atoms with Crippen molar-refractivity contribution in [2.45, 2.75) is 19.4 Å². The number of aromatic nitrogens is 1. The summed E-state index contributed by atoms with van der Waals surface area (Å²) in [6.45, 7) is 4.78. The maximum Gasteiger partial charge on any atom is 0.139 e. The van der Waals surface area contributed by atoms with Gasteiger partial charge in [0.1, 0.15) is 10.8 Å². The Bertz CT molecular complexity index is 272. The van der Waals surface area contributed by atoms with Gasteiger partial charge in [-0.05, 0) is 25.4 Å². The van der Waals surface area contributed by atoms with E-state index in [9.17, 15) is 0 Å². The van der Waals surface area contributed by atoms with Crippen molar-refractivity contribution in [2.75, 3.05) is 24.7 Å². The van der Waals surface area contributed by atoms with Crippen molar-refractivity contribution in [1.82, 2.24) is 4.37 Å². The Morgan fingerprint density at radius 2 is 2.38 bits per heavy atom. The summed E-state index contributed by atoms with van der Waals surface area (Å²) in [5, 5.41) is 4.18. The normalized spacial score (nSPS) is 11.6. The smallest absolute Gasteiger partial charge is 0.139 e. The monoisotopic (exact) mass is 201 g/mol. The van der Waals surface area contributed by atoms with Gasteiger partial charge < -0.3 is 15.8 Å². The van der Waals surface area contributed by atoms with Crippen LogP contribution >= 0.6 is 11.5 Å². The van der Waals surface area contributed by atoms with Crippen LogP contribution in [-0.2, 0) is 4.74 Å². The molecule has 0 amide bonds. The van der Waals surface area contributed by atoms with Crippen LogP contribution in [0, 0.1) is 0 Å². The zero-order valence-corrected chi connectivity index (χ0v) is 8.94. The molecule has 0 saturated carbocycles. The molecule has 13 heavy (non-hydrogen) atoms. The van der Waals surface area contributed by atoms with Crippen molar-refractivity contribution >= 4 is 22.4 Å². The summed E-state index contributed by atoms with van der Waals surface area (Å²) in [5.74, 6) is 0.558. The Balaban J connectivity index is 2.43. The van der Waals surface area contributed by atoms with E-state index in [2.05, 4.69) is 9.69 Å². The standard InChI is InChI=1S/C8H15N3OS/c1-8(2,12-3)5-10-7-4-6(9)11-13-7/h4,10H,5H2,1-3H3,(H2,9,11). The van der Waals surface area contributed by atoms with Gasteiger partial charge in [0.15, 0.2) is 0 Å². The Morgan fingerprint density at radius 3 is 2.85 bits per heavy atom. The largest absolute Gasteiger partial charge is 0.383 e. The van der Waals surface area contributed by atoms with Gasteiger partial charge >= 0.3 is 0 Å². The molecule has 74 valence electrons. The number of nitrogens with one attached hydrogen (secondary N) is 1. The van der Waals surface area contributed by atoms with Crippen molar-refractivity contribution in [2.24, 2.45) is 0 Å². The molecule has 0 spiro atoms. The van der Waals surface area contributed by atoms with Gasteiger partial charge in [0, 0.05) is 19.7 Å². The van der Waals surface area contributed by atoms with Crippen molar-refractivity contribution in [3.8, 4) is 0 Å². The van der Waals surface area contributed by atoms with E-state index >= 15 is 0 Å². The second kappa shape index (κ2) is 3.93. The third kappa shape index (κ3) is 3.20. The second-order valence-electron chi connectivity index (χ2n) is 3.43. The van der Waals surface area contributed by atoms with Crippen molar-refractivity contribution < 1.29 is 4.74 Å². The SMILES string of the molecule is COC(C)(C)CNc1cc(N)ns1. The fourth-order valence-electron chi connectivity index (χ4n) is 0.744. The third-order valence-corrected chi connectivity index (χ3v) is 2.53. The van der Waals surface area contributed by atoms with Crippen LogP contribution in [-0.4, -0.2) is 23.6 Å². The number of nitrogen functional groups attached to an aromatic ring is 1. The van der Waals surface area contributed by atoms with Crippen molar-refractivity contribution in [3.05, 3.63) is 6.07 Å². The van der Waals surface area contributed by atoms with Crippen molar-refractivity contribution in [3.63, 3.8) is 0 Å². The van der Waals surface area contributed by atoms with E-state index in [1.165, 1.54) is 11.5 Å². The van der Waals surface area contributed by atoms with Gasteiger partial charge in [-0.1, -0.05) is 0 Å². The van der Waals surface area contributed by atoms with Crippen LogP contribution in [0.1, 0.15) is 13.8 Å². The van der Waals surface area contributed by atoms with E-state index in [-0.39, 0.29) is 5.60 Å². The minimum Gasteiger partial charge on any atom is -0.383 e. The van der Waals surface area contributed by atoms with Gasteiger partial charge in [-0.25, -0.2) is 0 Å². The highest BCUT2D eigenvalue weighted by atomic mass is 32.1. The quantitative estimate of drug-likeness (QED) is 0.776. The molecule has 0 bridgehead atoms. The molecular weight excluding hydrogens is 186 g/mol. The molecule has 0 unspecified atom stereocenters. The van der Waals surface area contributed by atoms with Gasteiger partial charge in [-0.2, -0.15) is 4.37 Å². The van der Waals surface area contributed by atoms with Gasteiger partial charge in [-0.15, -0.1) is 0 Å². The lowest BCUT2D eigenvalue weighted by atomic mass is 10.1. The van der Waals surface area contributed by atoms with Crippen LogP contribution in [0.5, 0.6) is 0 Å². The number of ether oxygens (including phenoxy) is 1. The highest BCUT2D eigenvalue weighted by molar-refractivity contribution is 7.10. The first-order chi connectivity index (χ1) is 6.03. The number of hydrogen-bond acceptors (Lipinski definition) is 5. The fourth-order valence-corrected chi connectivity index (χ4v) is 1.31. The minimum atomic E-state index is -0.168. The summed E-state index contributed by atoms with van der Waals surface area (Å²) < 4.78 is 9.22. The molecule has 1 aromatic rings. The average molecular weight is 201 g/mol. The van der Waals surface area contributed by atoms with E-state index in [1.54, 1.807) is 7.11 Å². The predicted octanol–water partition coefficient (Wildman–Crippen LogP) is 1.56. The van der Waals surface area contributed by atoms with Gasteiger partial charge in [0.25, 0.3) is 0 Å². The zero-order chi connectivity index (χ0) is 9.90. The lowest BCUT2D eigenvalue weighted by Gasteiger charge is -2.22. The van der Waals surface area contributed by atoms with Gasteiger partial charge in [0.05, 0.1) is 5.60 Å². The second-order valence-corrected chi connectivity index (χ2v) is 4.24. The van der Waals surface area contributed by atoms with E-state index in [0.29, 0.717) is 5.82 Å². The molecule has 0 aliphatic carbocycles. The number of anilines is 2. The molecule has 0 aromatic carbocycles. The summed E-state index contributed by atoms with van der Waals surface area (Å²) in [6, 6.07) is 1.82. The molecule has 5 heteroatoms. The molecule has 1 heterocycles. The molecule has 4 nitrogen and oxygen atoms in total. The first kappa shape index (κ1) is 10.3. The maximum absolute atomic E-state index is 5.48. The fraction of sp³-hybridized carbons (Fsp3) is 0.625. The van der Waals surface area contributed by atoms with Gasteiger partial charge in [0.2, 0.25) is 0 Å². The van der Waals surface area contributed by atoms with E-state index < -0.39 is 0 Å². The summed E-state index contributed by atoms with van der Waals surface area (Å²) in [6.07, 6.45) is 0. The average Bonchev–Trinajstić information content (AvgIpc) is 2.48. The summed E-state index contributed by atoms with van der Waals surface area (Å²) >= 11 is 1.36. The highest BCUT2D eigenvalue weighted by Crippen LogP contribution is 2.18. The van der Waals surface area contributed by atoms with Crippen LogP contribution in [0.3, 0.4) is 0 Å². The lowest BCUT2D eigenvalue weighted by molar-refractivity contribution is 0.0344. The van der Waals surface area contributed by atoms with E-state index in [0.717, 1.165) is 11.5 Å². The first-order valence-electron chi connectivity index (χ1n) is 4.05. The molecule has 1 aromatic heterocycles. The maximum atomic E-state index is 5.48. The van der Waals surface area contributed by atoms with Gasteiger partial charge in [-0.3, -0.25) is 0 Å². The summed E-state index contributed by atoms with van der Waals surface area (Å²) in [4.78, 5) is 0. The van der Waals surface area contributed by atoms with E-state index in [4.69, 9.17) is 10.5 Å². The molecular formula is C8H15N3OS. The van der Waals surface area contributed by atoms with Crippen LogP contribution in [0.2, 0.25) is 0 Å². The number of nitrogens with zero attached hydrogens (tertiary/aromatic N) is 1. The van der Waals surface area contributed by atoms with Crippen molar-refractivity contribution in [1.29, 1.82) is 0 Å². The molecule has 1 rings (SSSR count). The number of rotatable bonds is 4. The predicted molar refractivity (Wildman–Crippen MR) is 56.1 cm³/mol. The topological polar surface area (TPSA) is 60.2 Å². The van der Waals surface area contributed by atoms with Crippen LogP contribution < -0.4 is 11.1 Å².